The van der Waals surface area contributed by atoms with Gasteiger partial charge in [-0.05, 0) is 74.4 Å². The lowest BCUT2D eigenvalue weighted by atomic mass is 10.2. The Morgan fingerprint density at radius 3 is 2.56 bits per heavy atom. The predicted octanol–water partition coefficient (Wildman–Crippen LogP) is 4.72. The van der Waals surface area contributed by atoms with Gasteiger partial charge in [-0.3, -0.25) is 14.7 Å². The first-order valence-corrected chi connectivity index (χ1v) is 14.1. The van der Waals surface area contributed by atoms with Crippen LogP contribution in [0.1, 0.15) is 35.8 Å². The van der Waals surface area contributed by atoms with Crippen molar-refractivity contribution in [3.05, 3.63) is 78.1 Å². The molecule has 186 valence electrons. The zero-order valence-corrected chi connectivity index (χ0v) is 21.5. The van der Waals surface area contributed by atoms with E-state index in [1.54, 1.807) is 23.2 Å². The maximum absolute atomic E-state index is 13.7. The Hall–Kier alpha value is -3.34. The van der Waals surface area contributed by atoms with E-state index in [9.17, 15) is 13.2 Å². The number of sulfonamides is 1. The molecule has 8 nitrogen and oxygen atoms in total. The monoisotopic (exact) mass is 522 g/mol. The highest BCUT2D eigenvalue weighted by atomic mass is 32.2. The molecule has 0 N–H and O–H groups in total. The molecule has 0 radical (unpaired) electrons. The molecule has 0 saturated carbocycles. The number of hydrogen-bond acceptors (Lipinski definition) is 7. The lowest BCUT2D eigenvalue weighted by molar-refractivity contribution is 0.0984. The number of pyridine rings is 1. The summed E-state index contributed by atoms with van der Waals surface area (Å²) in [4.78, 5) is 24.6. The van der Waals surface area contributed by atoms with E-state index in [4.69, 9.17) is 9.72 Å². The SMILES string of the molecule is CCOc1ccc2nc(N(Cc3ccccn3)C(=O)c3ccc(S(=O)(=O)N4CCCC4)cc3)sc2c1. The highest BCUT2D eigenvalue weighted by molar-refractivity contribution is 7.89. The molecule has 5 rings (SSSR count). The van der Waals surface area contributed by atoms with Crippen LogP contribution in [0.4, 0.5) is 5.13 Å². The standard InChI is InChI=1S/C26H26N4O4S2/c1-2-34-21-10-13-23-24(17-21)35-26(28-23)30(18-20-7-3-4-14-27-20)25(31)19-8-11-22(12-9-19)36(32,33)29-15-5-6-16-29/h3-4,7-14,17H,2,5-6,15-16,18H2,1H3. The Morgan fingerprint density at radius 2 is 1.86 bits per heavy atom. The highest BCUT2D eigenvalue weighted by Crippen LogP contribution is 2.33. The summed E-state index contributed by atoms with van der Waals surface area (Å²) in [6, 6.07) is 17.3. The average Bonchev–Trinajstić information content (AvgIpc) is 3.58. The molecule has 0 atom stereocenters. The molecule has 0 aliphatic carbocycles. The molecule has 1 aliphatic heterocycles. The van der Waals surface area contributed by atoms with Gasteiger partial charge in [0.1, 0.15) is 5.75 Å². The molecule has 1 saturated heterocycles. The van der Waals surface area contributed by atoms with Gasteiger partial charge >= 0.3 is 0 Å². The van der Waals surface area contributed by atoms with Gasteiger partial charge in [-0.2, -0.15) is 4.31 Å². The van der Waals surface area contributed by atoms with Gasteiger partial charge in [0, 0.05) is 24.8 Å². The molecule has 4 aromatic rings. The van der Waals surface area contributed by atoms with Crippen LogP contribution in [-0.2, 0) is 16.6 Å². The van der Waals surface area contributed by atoms with E-state index in [0.717, 1.165) is 28.8 Å². The number of rotatable bonds is 8. The summed E-state index contributed by atoms with van der Waals surface area (Å²) in [5, 5.41) is 0.531. The summed E-state index contributed by atoms with van der Waals surface area (Å²) in [6.45, 7) is 3.78. The second-order valence-electron chi connectivity index (χ2n) is 8.41. The third-order valence-electron chi connectivity index (χ3n) is 5.99. The van der Waals surface area contributed by atoms with Crippen LogP contribution in [-0.4, -0.2) is 48.3 Å². The summed E-state index contributed by atoms with van der Waals surface area (Å²) in [5.74, 6) is 0.465. The average molecular weight is 523 g/mol. The first-order valence-electron chi connectivity index (χ1n) is 11.8. The number of aromatic nitrogens is 2. The van der Waals surface area contributed by atoms with E-state index in [0.29, 0.717) is 36.1 Å². The molecule has 0 unspecified atom stereocenters. The molecular formula is C26H26N4O4S2. The molecule has 1 fully saturated rings. The number of benzene rings is 2. The molecule has 1 amide bonds. The van der Waals surface area contributed by atoms with E-state index in [2.05, 4.69) is 4.98 Å². The van der Waals surface area contributed by atoms with Crippen LogP contribution in [0, 0.1) is 0 Å². The first-order chi connectivity index (χ1) is 17.5. The number of amides is 1. The van der Waals surface area contributed by atoms with Gasteiger partial charge in [-0.25, -0.2) is 13.4 Å². The van der Waals surface area contributed by atoms with Crippen molar-refractivity contribution in [2.24, 2.45) is 0 Å². The quantitative estimate of drug-likeness (QED) is 0.332. The Bertz CT molecular complexity index is 1470. The summed E-state index contributed by atoms with van der Waals surface area (Å²) in [7, 11) is -3.55. The number of ether oxygens (including phenoxy) is 1. The third-order valence-corrected chi connectivity index (χ3v) is 8.94. The number of fused-ring (bicyclic) bond motifs is 1. The van der Waals surface area contributed by atoms with Crippen molar-refractivity contribution in [2.75, 3.05) is 24.6 Å². The molecule has 10 heteroatoms. The number of anilines is 1. The third kappa shape index (κ3) is 4.97. The van der Waals surface area contributed by atoms with E-state index >= 15 is 0 Å². The summed E-state index contributed by atoms with van der Waals surface area (Å²) in [5.41, 5.74) is 1.86. The van der Waals surface area contributed by atoms with E-state index in [-0.39, 0.29) is 17.3 Å². The summed E-state index contributed by atoms with van der Waals surface area (Å²) >= 11 is 1.40. The number of carbonyl (C=O) groups is 1. The van der Waals surface area contributed by atoms with Gasteiger partial charge in [0.25, 0.3) is 5.91 Å². The Morgan fingerprint density at radius 1 is 1.08 bits per heavy atom. The van der Waals surface area contributed by atoms with Crippen molar-refractivity contribution in [2.45, 2.75) is 31.2 Å². The minimum absolute atomic E-state index is 0.195. The van der Waals surface area contributed by atoms with Crippen LogP contribution in [0.2, 0.25) is 0 Å². The maximum Gasteiger partial charge on any atom is 0.260 e. The van der Waals surface area contributed by atoms with Gasteiger partial charge in [-0.15, -0.1) is 0 Å². The second kappa shape index (κ2) is 10.3. The van der Waals surface area contributed by atoms with Crippen molar-refractivity contribution in [3.8, 4) is 5.75 Å². The molecule has 3 heterocycles. The van der Waals surface area contributed by atoms with Crippen molar-refractivity contribution >= 4 is 42.6 Å². The van der Waals surface area contributed by atoms with Crippen molar-refractivity contribution in [1.29, 1.82) is 0 Å². The summed E-state index contributed by atoms with van der Waals surface area (Å²) in [6.07, 6.45) is 3.42. The van der Waals surface area contributed by atoms with Gasteiger partial charge in [0.2, 0.25) is 10.0 Å². The summed E-state index contributed by atoms with van der Waals surface area (Å²) < 4.78 is 33.8. The van der Waals surface area contributed by atoms with Crippen LogP contribution in [0.3, 0.4) is 0 Å². The van der Waals surface area contributed by atoms with Gasteiger partial charge in [-0.1, -0.05) is 17.4 Å². The number of hydrogen-bond donors (Lipinski definition) is 0. The van der Waals surface area contributed by atoms with Gasteiger partial charge in [0.05, 0.1) is 34.0 Å². The van der Waals surface area contributed by atoms with Crippen molar-refractivity contribution < 1.29 is 17.9 Å². The topological polar surface area (TPSA) is 92.7 Å². The lowest BCUT2D eigenvalue weighted by Gasteiger charge is -2.20. The molecule has 0 bridgehead atoms. The Kier molecular flexibility index (Phi) is 6.99. The molecular weight excluding hydrogens is 496 g/mol. The van der Waals surface area contributed by atoms with Crippen LogP contribution in [0.15, 0.2) is 71.8 Å². The fraction of sp³-hybridized carbons (Fsp3) is 0.269. The predicted molar refractivity (Wildman–Crippen MR) is 140 cm³/mol. The molecule has 36 heavy (non-hydrogen) atoms. The first kappa shape index (κ1) is 24.4. The van der Waals surface area contributed by atoms with Crippen molar-refractivity contribution in [3.63, 3.8) is 0 Å². The minimum atomic E-state index is -3.55. The fourth-order valence-electron chi connectivity index (χ4n) is 4.15. The molecule has 1 aliphatic rings. The minimum Gasteiger partial charge on any atom is -0.494 e. The van der Waals surface area contributed by atoms with E-state index < -0.39 is 10.0 Å². The lowest BCUT2D eigenvalue weighted by Crippen LogP contribution is -2.31. The largest absolute Gasteiger partial charge is 0.494 e. The number of carbonyl (C=O) groups excluding carboxylic acids is 1. The highest BCUT2D eigenvalue weighted by Gasteiger charge is 2.28. The van der Waals surface area contributed by atoms with Crippen LogP contribution >= 0.6 is 11.3 Å². The van der Waals surface area contributed by atoms with Gasteiger partial charge < -0.3 is 4.74 Å². The molecule has 0 spiro atoms. The second-order valence-corrected chi connectivity index (χ2v) is 11.4. The molecule has 2 aromatic carbocycles. The molecule has 2 aromatic heterocycles. The maximum atomic E-state index is 13.7. The zero-order chi connectivity index (χ0) is 25.1. The Balaban J connectivity index is 1.47. The zero-order valence-electron chi connectivity index (χ0n) is 19.8. The van der Waals surface area contributed by atoms with E-state index in [1.165, 1.54) is 27.8 Å². The van der Waals surface area contributed by atoms with Crippen molar-refractivity contribution in [1.82, 2.24) is 14.3 Å². The Labute approximate surface area is 214 Å². The van der Waals surface area contributed by atoms with Crippen LogP contribution in [0.25, 0.3) is 10.2 Å². The van der Waals surface area contributed by atoms with Crippen LogP contribution < -0.4 is 9.64 Å². The number of thiazole rings is 1. The fourth-order valence-corrected chi connectivity index (χ4v) is 6.66. The smallest absolute Gasteiger partial charge is 0.260 e. The van der Waals surface area contributed by atoms with Crippen LogP contribution in [0.5, 0.6) is 5.75 Å². The van der Waals surface area contributed by atoms with E-state index in [1.807, 2.05) is 43.3 Å². The number of nitrogens with zero attached hydrogens (tertiary/aromatic N) is 4. The van der Waals surface area contributed by atoms with Gasteiger partial charge in [0.15, 0.2) is 5.13 Å². The normalized spacial score (nSPS) is 14.2.